The molecule has 0 unspecified atom stereocenters. The van der Waals surface area contributed by atoms with E-state index in [1.165, 1.54) is 23.4 Å². The van der Waals surface area contributed by atoms with Gasteiger partial charge in [-0.15, -0.1) is 0 Å². The molecule has 7 heteroatoms. The van der Waals surface area contributed by atoms with Crippen LogP contribution in [0.1, 0.15) is 13.8 Å². The lowest BCUT2D eigenvalue weighted by molar-refractivity contribution is -0.130. The van der Waals surface area contributed by atoms with Gasteiger partial charge in [0.25, 0.3) is 0 Å². The van der Waals surface area contributed by atoms with Crippen molar-refractivity contribution in [1.82, 2.24) is 9.21 Å². The minimum atomic E-state index is -3.65. The first kappa shape index (κ1) is 14.9. The third-order valence-corrected chi connectivity index (χ3v) is 5.46. The molecule has 1 atom stereocenters. The predicted molar refractivity (Wildman–Crippen MR) is 72.0 cm³/mol. The molecule has 1 amide bonds. The van der Waals surface area contributed by atoms with Crippen molar-refractivity contribution in [3.8, 4) is 0 Å². The Morgan fingerprint density at radius 1 is 1.25 bits per heavy atom. The highest BCUT2D eigenvalue weighted by atomic mass is 32.2. The highest BCUT2D eigenvalue weighted by Crippen LogP contribution is 2.21. The molecule has 2 rings (SSSR count). The summed E-state index contributed by atoms with van der Waals surface area (Å²) in [6.45, 7) is 4.23. The Balaban J connectivity index is 2.23. The molecule has 20 heavy (non-hydrogen) atoms. The topological polar surface area (TPSA) is 57.7 Å². The summed E-state index contributed by atoms with van der Waals surface area (Å²) in [7, 11) is -3.65. The fourth-order valence-corrected chi connectivity index (χ4v) is 3.94. The van der Waals surface area contributed by atoms with Crippen LogP contribution in [0.3, 0.4) is 0 Å². The van der Waals surface area contributed by atoms with Crippen molar-refractivity contribution in [3.63, 3.8) is 0 Å². The summed E-state index contributed by atoms with van der Waals surface area (Å²) in [6.07, 6.45) is 0. The van der Waals surface area contributed by atoms with E-state index in [0.29, 0.717) is 13.1 Å². The number of benzene rings is 1. The largest absolute Gasteiger partial charge is 0.340 e. The van der Waals surface area contributed by atoms with Gasteiger partial charge < -0.3 is 4.90 Å². The molecular formula is C13H17FN2O3S. The van der Waals surface area contributed by atoms with E-state index in [2.05, 4.69) is 0 Å². The van der Waals surface area contributed by atoms with Crippen LogP contribution in [0.25, 0.3) is 0 Å². The van der Waals surface area contributed by atoms with E-state index >= 15 is 0 Å². The second kappa shape index (κ2) is 5.49. The Hall–Kier alpha value is -1.47. The van der Waals surface area contributed by atoms with E-state index in [9.17, 15) is 17.6 Å². The number of hydrogen-bond acceptors (Lipinski definition) is 3. The molecule has 110 valence electrons. The molecule has 0 radical (unpaired) electrons. The van der Waals surface area contributed by atoms with Crippen LogP contribution in [-0.2, 0) is 14.8 Å². The highest BCUT2D eigenvalue weighted by molar-refractivity contribution is 7.89. The lowest BCUT2D eigenvalue weighted by Gasteiger charge is -2.38. The molecular weight excluding hydrogens is 283 g/mol. The molecule has 0 aliphatic carbocycles. The van der Waals surface area contributed by atoms with Gasteiger partial charge in [-0.25, -0.2) is 12.8 Å². The molecule has 0 aromatic heterocycles. The molecule has 1 aromatic carbocycles. The van der Waals surface area contributed by atoms with E-state index in [1.807, 2.05) is 0 Å². The lowest BCUT2D eigenvalue weighted by Crippen LogP contribution is -2.54. The number of amides is 1. The lowest BCUT2D eigenvalue weighted by atomic mass is 10.2. The summed E-state index contributed by atoms with van der Waals surface area (Å²) in [6, 6.07) is 4.47. The molecule has 0 spiro atoms. The van der Waals surface area contributed by atoms with Crippen molar-refractivity contribution in [2.75, 3.05) is 19.6 Å². The number of rotatable bonds is 2. The van der Waals surface area contributed by atoms with E-state index in [0.717, 1.165) is 12.1 Å². The van der Waals surface area contributed by atoms with Crippen molar-refractivity contribution in [1.29, 1.82) is 0 Å². The van der Waals surface area contributed by atoms with Crippen LogP contribution in [0.2, 0.25) is 0 Å². The first-order valence-corrected chi connectivity index (χ1v) is 7.79. The number of carbonyl (C=O) groups excluding carboxylic acids is 1. The van der Waals surface area contributed by atoms with E-state index in [4.69, 9.17) is 0 Å². The van der Waals surface area contributed by atoms with Gasteiger partial charge in [-0.2, -0.15) is 4.31 Å². The van der Waals surface area contributed by atoms with Crippen LogP contribution in [0.4, 0.5) is 4.39 Å². The first-order chi connectivity index (χ1) is 9.32. The van der Waals surface area contributed by atoms with E-state index in [1.54, 1.807) is 11.8 Å². The molecule has 0 N–H and O–H groups in total. The summed E-state index contributed by atoms with van der Waals surface area (Å²) < 4.78 is 39.2. The average molecular weight is 300 g/mol. The normalized spacial score (nSPS) is 20.9. The van der Waals surface area contributed by atoms with Gasteiger partial charge >= 0.3 is 0 Å². The quantitative estimate of drug-likeness (QED) is 0.821. The zero-order valence-corrected chi connectivity index (χ0v) is 12.2. The number of hydrogen-bond donors (Lipinski definition) is 0. The molecule has 0 bridgehead atoms. The smallest absolute Gasteiger partial charge is 0.243 e. The van der Waals surface area contributed by atoms with Gasteiger partial charge in [-0.1, -0.05) is 0 Å². The minimum absolute atomic E-state index is 0.0596. The third-order valence-electron chi connectivity index (χ3n) is 3.43. The first-order valence-electron chi connectivity index (χ1n) is 6.35. The number of sulfonamides is 1. The highest BCUT2D eigenvalue weighted by Gasteiger charge is 2.34. The van der Waals surface area contributed by atoms with Gasteiger partial charge in [-0.05, 0) is 31.2 Å². The minimum Gasteiger partial charge on any atom is -0.340 e. The number of halogens is 1. The molecule has 1 saturated heterocycles. The van der Waals surface area contributed by atoms with Gasteiger partial charge in [0.1, 0.15) is 5.82 Å². The maximum Gasteiger partial charge on any atom is 0.243 e. The zero-order valence-electron chi connectivity index (χ0n) is 11.4. The average Bonchev–Trinajstić information content (AvgIpc) is 2.38. The van der Waals surface area contributed by atoms with Gasteiger partial charge in [0.2, 0.25) is 15.9 Å². The molecule has 0 saturated carbocycles. The molecule has 1 fully saturated rings. The van der Waals surface area contributed by atoms with E-state index < -0.39 is 15.8 Å². The molecule has 1 aliphatic heterocycles. The summed E-state index contributed by atoms with van der Waals surface area (Å²) in [5, 5.41) is 0. The van der Waals surface area contributed by atoms with Crippen molar-refractivity contribution in [2.24, 2.45) is 0 Å². The maximum absolute atomic E-state index is 12.9. The molecule has 5 nitrogen and oxygen atoms in total. The van der Waals surface area contributed by atoms with Crippen LogP contribution in [-0.4, -0.2) is 49.2 Å². The van der Waals surface area contributed by atoms with Crippen LogP contribution in [0.5, 0.6) is 0 Å². The van der Waals surface area contributed by atoms with Gasteiger partial charge in [0, 0.05) is 32.6 Å². The van der Waals surface area contributed by atoms with Gasteiger partial charge in [0.05, 0.1) is 4.90 Å². The second-order valence-electron chi connectivity index (χ2n) is 4.88. The number of piperazine rings is 1. The summed E-state index contributed by atoms with van der Waals surface area (Å²) in [4.78, 5) is 13.0. The van der Waals surface area contributed by atoms with Crippen molar-refractivity contribution in [3.05, 3.63) is 30.1 Å². The van der Waals surface area contributed by atoms with Crippen molar-refractivity contribution < 1.29 is 17.6 Å². The Morgan fingerprint density at radius 3 is 2.35 bits per heavy atom. The Kier molecular flexibility index (Phi) is 4.10. The second-order valence-corrected chi connectivity index (χ2v) is 6.77. The standard InChI is InChI=1S/C13H17FN2O3S/c1-10-9-15(11(2)17)7-8-16(10)20(18,19)13-5-3-12(14)4-6-13/h3-6,10H,7-9H2,1-2H3/t10-/m0/s1. The SMILES string of the molecule is CC(=O)N1CCN(S(=O)(=O)c2ccc(F)cc2)[C@@H](C)C1. The van der Waals surface area contributed by atoms with Crippen molar-refractivity contribution in [2.45, 2.75) is 24.8 Å². The summed E-state index contributed by atoms with van der Waals surface area (Å²) in [5.74, 6) is -0.533. The van der Waals surface area contributed by atoms with Crippen LogP contribution in [0, 0.1) is 5.82 Å². The summed E-state index contributed by atoms with van der Waals surface area (Å²) in [5.41, 5.74) is 0. The van der Waals surface area contributed by atoms with E-state index in [-0.39, 0.29) is 23.4 Å². The fraction of sp³-hybridized carbons (Fsp3) is 0.462. The van der Waals surface area contributed by atoms with Crippen molar-refractivity contribution >= 4 is 15.9 Å². The molecule has 1 aliphatic rings. The maximum atomic E-state index is 12.9. The third kappa shape index (κ3) is 2.83. The van der Waals surface area contributed by atoms with Crippen LogP contribution < -0.4 is 0 Å². The number of nitrogens with zero attached hydrogens (tertiary/aromatic N) is 2. The summed E-state index contributed by atoms with van der Waals surface area (Å²) >= 11 is 0. The van der Waals surface area contributed by atoms with Gasteiger partial charge in [0.15, 0.2) is 0 Å². The Labute approximate surface area is 118 Å². The zero-order chi connectivity index (χ0) is 14.9. The van der Waals surface area contributed by atoms with Crippen LogP contribution in [0.15, 0.2) is 29.2 Å². The predicted octanol–water partition coefficient (Wildman–Crippen LogP) is 1.07. The van der Waals surface area contributed by atoms with Gasteiger partial charge in [-0.3, -0.25) is 4.79 Å². The Morgan fingerprint density at radius 2 is 1.85 bits per heavy atom. The number of carbonyl (C=O) groups is 1. The molecule has 1 heterocycles. The molecule has 1 aromatic rings. The monoisotopic (exact) mass is 300 g/mol. The fourth-order valence-electron chi connectivity index (χ4n) is 2.33. The Bertz CT molecular complexity index is 601. The van der Waals surface area contributed by atoms with Crippen LogP contribution >= 0.6 is 0 Å².